The van der Waals surface area contributed by atoms with Crippen molar-refractivity contribution >= 4 is 11.9 Å². The van der Waals surface area contributed by atoms with Crippen LogP contribution in [0.2, 0.25) is 0 Å². The number of esters is 1. The Hall–Kier alpha value is -1.10. The molecule has 2 rings (SSSR count). The number of rotatable bonds is 3. The molecule has 0 spiro atoms. The van der Waals surface area contributed by atoms with E-state index >= 15 is 0 Å². The fourth-order valence-corrected chi connectivity index (χ4v) is 3.86. The topological polar surface area (TPSA) is 72.6 Å². The molecule has 1 atom stereocenters. The molecule has 1 saturated heterocycles. The Kier molecular flexibility index (Phi) is 4.45. The van der Waals surface area contributed by atoms with Crippen LogP contribution in [0.25, 0.3) is 0 Å². The summed E-state index contributed by atoms with van der Waals surface area (Å²) in [6.45, 7) is 0.590. The van der Waals surface area contributed by atoms with Crippen molar-refractivity contribution < 1.29 is 14.3 Å². The van der Waals surface area contributed by atoms with Gasteiger partial charge in [-0.25, -0.2) is 4.79 Å². The van der Waals surface area contributed by atoms with Crippen LogP contribution in [-0.4, -0.2) is 42.5 Å². The van der Waals surface area contributed by atoms with Gasteiger partial charge in [0.05, 0.1) is 13.7 Å². The minimum absolute atomic E-state index is 0.0362. The molecule has 108 valence electrons. The second kappa shape index (κ2) is 5.90. The van der Waals surface area contributed by atoms with Gasteiger partial charge in [-0.15, -0.1) is 0 Å². The van der Waals surface area contributed by atoms with Crippen LogP contribution in [0, 0.1) is 5.92 Å². The zero-order valence-electron chi connectivity index (χ0n) is 11.7. The largest absolute Gasteiger partial charge is 0.467 e. The first-order valence-electron chi connectivity index (χ1n) is 7.25. The second-order valence-electron chi connectivity index (χ2n) is 5.60. The molecule has 0 aromatic rings. The molecule has 0 radical (unpaired) electrons. The normalized spacial score (nSPS) is 28.4. The standard InChI is InChI=1S/C14H24N2O3/c1-19-13(18)14(11-6-3-2-4-7-11)8-5-9-16(14)12(17)10-15/h11H,2-10,15H2,1H3/t14-/m1/s1. The first kappa shape index (κ1) is 14.3. The quantitative estimate of drug-likeness (QED) is 0.777. The molecule has 0 unspecified atom stereocenters. The molecule has 5 nitrogen and oxygen atoms in total. The number of methoxy groups -OCH3 is 1. The number of nitrogens with two attached hydrogens (primary N) is 1. The molecule has 0 bridgehead atoms. The second-order valence-corrected chi connectivity index (χ2v) is 5.60. The van der Waals surface area contributed by atoms with Gasteiger partial charge in [-0.2, -0.15) is 0 Å². The Morgan fingerprint density at radius 3 is 2.53 bits per heavy atom. The van der Waals surface area contributed by atoms with E-state index in [4.69, 9.17) is 10.5 Å². The average molecular weight is 268 g/mol. The van der Waals surface area contributed by atoms with E-state index in [1.165, 1.54) is 13.5 Å². The monoisotopic (exact) mass is 268 g/mol. The highest BCUT2D eigenvalue weighted by atomic mass is 16.5. The number of amides is 1. The molecule has 1 saturated carbocycles. The maximum absolute atomic E-state index is 12.4. The predicted molar refractivity (Wildman–Crippen MR) is 71.3 cm³/mol. The summed E-state index contributed by atoms with van der Waals surface area (Å²) in [5.41, 5.74) is 4.76. The van der Waals surface area contributed by atoms with Crippen molar-refractivity contribution in [2.75, 3.05) is 20.2 Å². The molecule has 0 aromatic carbocycles. The van der Waals surface area contributed by atoms with Gasteiger partial charge in [-0.3, -0.25) is 4.79 Å². The number of carbonyl (C=O) groups is 2. The summed E-state index contributed by atoms with van der Waals surface area (Å²) in [6.07, 6.45) is 7.07. The average Bonchev–Trinajstić information content (AvgIpc) is 2.92. The minimum atomic E-state index is -0.744. The number of ether oxygens (including phenoxy) is 1. The van der Waals surface area contributed by atoms with E-state index in [9.17, 15) is 9.59 Å². The van der Waals surface area contributed by atoms with Crippen LogP contribution in [0.15, 0.2) is 0 Å². The van der Waals surface area contributed by atoms with E-state index in [2.05, 4.69) is 0 Å². The smallest absolute Gasteiger partial charge is 0.332 e. The van der Waals surface area contributed by atoms with E-state index in [1.807, 2.05) is 0 Å². The molecule has 2 fully saturated rings. The molecule has 2 N–H and O–H groups in total. The zero-order chi connectivity index (χ0) is 13.9. The van der Waals surface area contributed by atoms with Gasteiger partial charge in [0.25, 0.3) is 0 Å². The summed E-state index contributed by atoms with van der Waals surface area (Å²) in [6, 6.07) is 0. The third-order valence-electron chi connectivity index (χ3n) is 4.72. The maximum atomic E-state index is 12.4. The molecule has 1 aliphatic heterocycles. The molecular weight excluding hydrogens is 244 g/mol. The van der Waals surface area contributed by atoms with Crippen LogP contribution in [0.5, 0.6) is 0 Å². The van der Waals surface area contributed by atoms with Crippen molar-refractivity contribution in [3.63, 3.8) is 0 Å². The van der Waals surface area contributed by atoms with E-state index in [0.29, 0.717) is 6.54 Å². The summed E-state index contributed by atoms with van der Waals surface area (Å²) in [4.78, 5) is 26.2. The number of nitrogens with zero attached hydrogens (tertiary/aromatic N) is 1. The Morgan fingerprint density at radius 2 is 1.95 bits per heavy atom. The zero-order valence-corrected chi connectivity index (χ0v) is 11.7. The number of hydrogen-bond donors (Lipinski definition) is 1. The Morgan fingerprint density at radius 1 is 1.26 bits per heavy atom. The highest BCUT2D eigenvalue weighted by Gasteiger charge is 2.55. The number of hydrogen-bond acceptors (Lipinski definition) is 4. The molecule has 1 heterocycles. The Labute approximate surface area is 114 Å². The first-order valence-corrected chi connectivity index (χ1v) is 7.25. The predicted octanol–water partition coefficient (Wildman–Crippen LogP) is 1.06. The third kappa shape index (κ3) is 2.36. The van der Waals surface area contributed by atoms with Gasteiger partial charge in [0.15, 0.2) is 0 Å². The Bertz CT molecular complexity index is 353. The van der Waals surface area contributed by atoms with E-state index in [1.54, 1.807) is 4.90 Å². The van der Waals surface area contributed by atoms with Crippen molar-refractivity contribution in [2.45, 2.75) is 50.5 Å². The van der Waals surface area contributed by atoms with Crippen molar-refractivity contribution in [1.82, 2.24) is 4.90 Å². The Balaban J connectivity index is 2.32. The highest BCUT2D eigenvalue weighted by molar-refractivity contribution is 5.89. The van der Waals surface area contributed by atoms with Crippen LogP contribution in [0.1, 0.15) is 44.9 Å². The fraction of sp³-hybridized carbons (Fsp3) is 0.857. The lowest BCUT2D eigenvalue weighted by atomic mass is 9.73. The van der Waals surface area contributed by atoms with E-state index < -0.39 is 5.54 Å². The SMILES string of the molecule is COC(=O)[C@]1(C2CCCCC2)CCCN1C(=O)CN. The molecule has 19 heavy (non-hydrogen) atoms. The minimum Gasteiger partial charge on any atom is -0.467 e. The van der Waals surface area contributed by atoms with Crippen LogP contribution in [0.4, 0.5) is 0 Å². The summed E-state index contributed by atoms with van der Waals surface area (Å²) in [5.74, 6) is -0.154. The van der Waals surface area contributed by atoms with Crippen molar-refractivity contribution in [1.29, 1.82) is 0 Å². The number of carbonyl (C=O) groups excluding carboxylic acids is 2. The molecule has 0 aromatic heterocycles. The van der Waals surface area contributed by atoms with Gasteiger partial charge in [0.2, 0.25) is 5.91 Å². The van der Waals surface area contributed by atoms with Crippen LogP contribution in [-0.2, 0) is 14.3 Å². The third-order valence-corrected chi connectivity index (χ3v) is 4.72. The molecule has 1 aliphatic carbocycles. The van der Waals surface area contributed by atoms with Crippen LogP contribution < -0.4 is 5.73 Å². The summed E-state index contributed by atoms with van der Waals surface area (Å²) in [5, 5.41) is 0. The van der Waals surface area contributed by atoms with Gasteiger partial charge in [0.1, 0.15) is 5.54 Å². The van der Waals surface area contributed by atoms with Gasteiger partial charge in [-0.1, -0.05) is 19.3 Å². The summed E-state index contributed by atoms with van der Waals surface area (Å²) < 4.78 is 5.04. The van der Waals surface area contributed by atoms with E-state index in [0.717, 1.165) is 38.5 Å². The van der Waals surface area contributed by atoms with Gasteiger partial charge in [0, 0.05) is 6.54 Å². The lowest BCUT2D eigenvalue weighted by Gasteiger charge is -2.43. The van der Waals surface area contributed by atoms with Gasteiger partial charge in [-0.05, 0) is 31.6 Å². The maximum Gasteiger partial charge on any atom is 0.332 e. The number of likely N-dealkylation sites (tertiary alicyclic amines) is 1. The fourth-order valence-electron chi connectivity index (χ4n) is 3.86. The van der Waals surface area contributed by atoms with Crippen molar-refractivity contribution in [3.8, 4) is 0 Å². The molecule has 2 aliphatic rings. The lowest BCUT2D eigenvalue weighted by molar-refractivity contribution is -0.164. The summed E-state index contributed by atoms with van der Waals surface area (Å²) in [7, 11) is 1.41. The van der Waals surface area contributed by atoms with Crippen LogP contribution >= 0.6 is 0 Å². The van der Waals surface area contributed by atoms with Crippen molar-refractivity contribution in [3.05, 3.63) is 0 Å². The van der Waals surface area contributed by atoms with E-state index in [-0.39, 0.29) is 24.3 Å². The molecule has 5 heteroatoms. The van der Waals surface area contributed by atoms with Gasteiger partial charge >= 0.3 is 5.97 Å². The first-order chi connectivity index (χ1) is 9.16. The molecular formula is C14H24N2O3. The lowest BCUT2D eigenvalue weighted by Crippen LogP contribution is -2.59. The molecule has 1 amide bonds. The summed E-state index contributed by atoms with van der Waals surface area (Å²) >= 11 is 0. The highest BCUT2D eigenvalue weighted by Crippen LogP contribution is 2.43. The van der Waals surface area contributed by atoms with Crippen molar-refractivity contribution in [2.24, 2.45) is 11.7 Å². The van der Waals surface area contributed by atoms with Crippen LogP contribution in [0.3, 0.4) is 0 Å². The van der Waals surface area contributed by atoms with Gasteiger partial charge < -0.3 is 15.4 Å².